The highest BCUT2D eigenvalue weighted by atomic mass is 16.5. The van der Waals surface area contributed by atoms with E-state index in [4.69, 9.17) is 9.47 Å². The normalized spacial score (nSPS) is 10.6. The Morgan fingerprint density at radius 3 is 2.09 bits per heavy atom. The predicted molar refractivity (Wildman–Crippen MR) is 142 cm³/mol. The minimum absolute atomic E-state index is 0.156. The number of amides is 1. The number of nitrogens with one attached hydrogen (secondary N) is 1. The van der Waals surface area contributed by atoms with Gasteiger partial charge in [0.25, 0.3) is 5.91 Å². The highest BCUT2D eigenvalue weighted by Crippen LogP contribution is 2.27. The first-order valence-corrected chi connectivity index (χ1v) is 11.9. The smallest absolute Gasteiger partial charge is 0.255 e. The molecule has 4 nitrogen and oxygen atoms in total. The molecular formula is C31H31NO3. The molecular weight excluding hydrogens is 434 g/mol. The fourth-order valence-electron chi connectivity index (χ4n) is 4.23. The Hall–Kier alpha value is -4.05. The molecule has 178 valence electrons. The minimum atomic E-state index is -0.156. The quantitative estimate of drug-likeness (QED) is 0.293. The predicted octanol–water partition coefficient (Wildman–Crippen LogP) is 7.51. The van der Waals surface area contributed by atoms with E-state index in [1.807, 2.05) is 75.4 Å². The highest BCUT2D eigenvalue weighted by Gasteiger charge is 2.14. The molecule has 0 unspecified atom stereocenters. The number of benzene rings is 4. The molecule has 0 aliphatic rings. The maximum absolute atomic E-state index is 13.1. The Morgan fingerprint density at radius 2 is 1.43 bits per heavy atom. The third-order valence-electron chi connectivity index (χ3n) is 5.89. The number of hydrogen-bond acceptors (Lipinski definition) is 3. The van der Waals surface area contributed by atoms with Crippen LogP contribution in [0.4, 0.5) is 5.69 Å². The zero-order valence-electron chi connectivity index (χ0n) is 20.7. The lowest BCUT2D eigenvalue weighted by Crippen LogP contribution is -2.15. The summed E-state index contributed by atoms with van der Waals surface area (Å²) in [5.41, 5.74) is 7.80. The standard InChI is InChI=1S/C31H31NO3/c1-5-34-29-16-13-26(31(33)32-30-22(3)17-21(2)18-23(30)4)19-27(29)20-35-28-14-11-25(12-15-28)24-9-7-6-8-10-24/h6-19H,5,20H2,1-4H3,(H,32,33). The van der Waals surface area contributed by atoms with Crippen molar-refractivity contribution in [2.75, 3.05) is 11.9 Å². The van der Waals surface area contributed by atoms with Gasteiger partial charge in [0.05, 0.1) is 6.61 Å². The summed E-state index contributed by atoms with van der Waals surface area (Å²) >= 11 is 0. The molecule has 4 aromatic rings. The summed E-state index contributed by atoms with van der Waals surface area (Å²) in [5.74, 6) is 1.32. The van der Waals surface area contributed by atoms with Crippen LogP contribution in [0, 0.1) is 20.8 Å². The van der Waals surface area contributed by atoms with Crippen LogP contribution in [0.2, 0.25) is 0 Å². The molecule has 0 aliphatic heterocycles. The summed E-state index contributed by atoms with van der Waals surface area (Å²) in [6.45, 7) is 8.85. The van der Waals surface area contributed by atoms with Gasteiger partial charge in [-0.15, -0.1) is 0 Å². The summed E-state index contributed by atoms with van der Waals surface area (Å²) < 4.78 is 11.9. The van der Waals surface area contributed by atoms with E-state index in [0.29, 0.717) is 24.5 Å². The number of hydrogen-bond donors (Lipinski definition) is 1. The number of carbonyl (C=O) groups excluding carboxylic acids is 1. The summed E-state index contributed by atoms with van der Waals surface area (Å²) in [5, 5.41) is 3.08. The monoisotopic (exact) mass is 465 g/mol. The molecule has 4 rings (SSSR count). The van der Waals surface area contributed by atoms with Crippen LogP contribution in [0.15, 0.2) is 84.9 Å². The SMILES string of the molecule is CCOc1ccc(C(=O)Nc2c(C)cc(C)cc2C)cc1COc1ccc(-c2ccccc2)cc1. The highest BCUT2D eigenvalue weighted by molar-refractivity contribution is 6.05. The van der Waals surface area contributed by atoms with E-state index in [0.717, 1.165) is 39.3 Å². The largest absolute Gasteiger partial charge is 0.493 e. The fraction of sp³-hybridized carbons (Fsp3) is 0.194. The molecule has 0 atom stereocenters. The summed E-state index contributed by atoms with van der Waals surface area (Å²) in [6, 6.07) is 27.9. The van der Waals surface area contributed by atoms with Gasteiger partial charge < -0.3 is 14.8 Å². The molecule has 1 N–H and O–H groups in total. The lowest BCUT2D eigenvalue weighted by atomic mass is 10.0. The lowest BCUT2D eigenvalue weighted by Gasteiger charge is -2.15. The van der Waals surface area contributed by atoms with E-state index in [9.17, 15) is 4.79 Å². The van der Waals surface area contributed by atoms with Crippen LogP contribution >= 0.6 is 0 Å². The molecule has 1 amide bonds. The molecule has 0 radical (unpaired) electrons. The van der Waals surface area contributed by atoms with Gasteiger partial charge in [0.2, 0.25) is 0 Å². The van der Waals surface area contributed by atoms with Gasteiger partial charge in [-0.1, -0.05) is 60.2 Å². The maximum atomic E-state index is 13.1. The number of anilines is 1. The van der Waals surface area contributed by atoms with Gasteiger partial charge in [0.1, 0.15) is 18.1 Å². The van der Waals surface area contributed by atoms with Gasteiger partial charge in [0.15, 0.2) is 0 Å². The van der Waals surface area contributed by atoms with Crippen LogP contribution in [0.1, 0.15) is 39.5 Å². The summed E-state index contributed by atoms with van der Waals surface area (Å²) in [4.78, 5) is 13.1. The van der Waals surface area contributed by atoms with Gasteiger partial charge in [-0.25, -0.2) is 0 Å². The van der Waals surface area contributed by atoms with Crippen molar-refractivity contribution in [3.8, 4) is 22.6 Å². The number of carbonyl (C=O) groups is 1. The maximum Gasteiger partial charge on any atom is 0.255 e. The molecule has 0 heterocycles. The van der Waals surface area contributed by atoms with Crippen molar-refractivity contribution in [2.24, 2.45) is 0 Å². The van der Waals surface area contributed by atoms with Crippen LogP contribution in [0.25, 0.3) is 11.1 Å². The van der Waals surface area contributed by atoms with Crippen LogP contribution in [0.3, 0.4) is 0 Å². The van der Waals surface area contributed by atoms with E-state index in [-0.39, 0.29) is 5.91 Å². The van der Waals surface area contributed by atoms with Crippen molar-refractivity contribution >= 4 is 11.6 Å². The van der Waals surface area contributed by atoms with Gasteiger partial charge >= 0.3 is 0 Å². The molecule has 0 saturated carbocycles. The Kier molecular flexibility index (Phi) is 7.51. The van der Waals surface area contributed by atoms with Crippen molar-refractivity contribution in [2.45, 2.75) is 34.3 Å². The first kappa shape index (κ1) is 24.1. The minimum Gasteiger partial charge on any atom is -0.493 e. The topological polar surface area (TPSA) is 47.6 Å². The molecule has 4 aromatic carbocycles. The molecule has 0 saturated heterocycles. The average Bonchev–Trinajstić information content (AvgIpc) is 2.86. The molecule has 0 spiro atoms. The Balaban J connectivity index is 1.51. The molecule has 0 fully saturated rings. The van der Waals surface area contributed by atoms with E-state index < -0.39 is 0 Å². The third kappa shape index (κ3) is 5.90. The van der Waals surface area contributed by atoms with Gasteiger partial charge in [-0.05, 0) is 80.3 Å². The van der Waals surface area contributed by atoms with Gasteiger partial charge in [0, 0.05) is 16.8 Å². The Morgan fingerprint density at radius 1 is 0.771 bits per heavy atom. The first-order chi connectivity index (χ1) is 16.9. The Labute approximate surface area is 207 Å². The zero-order chi connectivity index (χ0) is 24.8. The molecule has 35 heavy (non-hydrogen) atoms. The van der Waals surface area contributed by atoms with Crippen molar-refractivity contribution in [1.82, 2.24) is 0 Å². The van der Waals surface area contributed by atoms with Crippen molar-refractivity contribution in [1.29, 1.82) is 0 Å². The number of rotatable bonds is 8. The second-order valence-electron chi connectivity index (χ2n) is 8.66. The van der Waals surface area contributed by atoms with Crippen LogP contribution in [0.5, 0.6) is 11.5 Å². The number of aryl methyl sites for hydroxylation is 3. The van der Waals surface area contributed by atoms with Gasteiger partial charge in [-0.3, -0.25) is 4.79 Å². The van der Waals surface area contributed by atoms with Gasteiger partial charge in [-0.2, -0.15) is 0 Å². The van der Waals surface area contributed by atoms with Crippen LogP contribution < -0.4 is 14.8 Å². The Bertz CT molecular complexity index is 1290. The lowest BCUT2D eigenvalue weighted by molar-refractivity contribution is 0.102. The average molecular weight is 466 g/mol. The van der Waals surface area contributed by atoms with Crippen molar-refractivity contribution in [3.05, 3.63) is 113 Å². The first-order valence-electron chi connectivity index (χ1n) is 11.9. The summed E-state index contributed by atoms with van der Waals surface area (Å²) in [6.07, 6.45) is 0. The zero-order valence-corrected chi connectivity index (χ0v) is 20.7. The summed E-state index contributed by atoms with van der Waals surface area (Å²) in [7, 11) is 0. The van der Waals surface area contributed by atoms with E-state index >= 15 is 0 Å². The number of ether oxygens (including phenoxy) is 2. The van der Waals surface area contributed by atoms with Crippen LogP contribution in [-0.4, -0.2) is 12.5 Å². The van der Waals surface area contributed by atoms with E-state index in [1.54, 1.807) is 6.07 Å². The van der Waals surface area contributed by atoms with E-state index in [1.165, 1.54) is 5.56 Å². The second kappa shape index (κ2) is 10.9. The second-order valence-corrected chi connectivity index (χ2v) is 8.66. The molecule has 0 bridgehead atoms. The van der Waals surface area contributed by atoms with Crippen molar-refractivity contribution in [3.63, 3.8) is 0 Å². The molecule has 0 aromatic heterocycles. The van der Waals surface area contributed by atoms with Crippen molar-refractivity contribution < 1.29 is 14.3 Å². The third-order valence-corrected chi connectivity index (χ3v) is 5.89. The fourth-order valence-corrected chi connectivity index (χ4v) is 4.23. The van der Waals surface area contributed by atoms with Crippen LogP contribution in [-0.2, 0) is 6.61 Å². The molecule has 0 aliphatic carbocycles. The van der Waals surface area contributed by atoms with E-state index in [2.05, 4.69) is 36.5 Å². The molecule has 4 heteroatoms.